The Kier molecular flexibility index (Phi) is 7.43. The van der Waals surface area contributed by atoms with Crippen LogP contribution < -0.4 is 14.8 Å². The first-order valence-electron chi connectivity index (χ1n) is 9.93. The molecule has 2 aromatic carbocycles. The monoisotopic (exact) mass is 481 g/mol. The summed E-state index contributed by atoms with van der Waals surface area (Å²) in [6.45, 7) is 0.204. The van der Waals surface area contributed by atoms with Crippen molar-refractivity contribution in [1.82, 2.24) is 19.7 Å². The number of carbonyl (C=O) groups is 1. The van der Waals surface area contributed by atoms with Gasteiger partial charge in [-0.05, 0) is 48.5 Å². The minimum absolute atomic E-state index is 0.134. The number of ether oxygens (including phenoxy) is 2. The van der Waals surface area contributed by atoms with Crippen molar-refractivity contribution in [3.8, 4) is 17.2 Å². The number of methoxy groups -OCH3 is 1. The number of hydrogen-bond acceptors (Lipinski definition) is 7. The van der Waals surface area contributed by atoms with Crippen LogP contribution in [0.4, 0.5) is 5.82 Å². The second kappa shape index (κ2) is 10.8. The zero-order valence-corrected chi connectivity index (χ0v) is 19.2. The third-order valence-corrected chi connectivity index (χ3v) is 5.62. The summed E-state index contributed by atoms with van der Waals surface area (Å²) in [6.07, 6.45) is 1.48. The first-order valence-corrected chi connectivity index (χ1v) is 11.3. The lowest BCUT2D eigenvalue weighted by atomic mass is 10.3. The van der Waals surface area contributed by atoms with Crippen LogP contribution in [0.1, 0.15) is 5.82 Å². The van der Waals surface area contributed by atoms with Gasteiger partial charge in [-0.15, -0.1) is 10.2 Å². The van der Waals surface area contributed by atoms with Crippen LogP contribution in [0.3, 0.4) is 0 Å². The Morgan fingerprint density at radius 2 is 1.79 bits per heavy atom. The molecule has 8 nitrogen and oxygen atoms in total. The van der Waals surface area contributed by atoms with Gasteiger partial charge in [-0.1, -0.05) is 41.6 Å². The number of thioether (sulfide) groups is 1. The molecular weight excluding hydrogens is 462 g/mol. The van der Waals surface area contributed by atoms with Crippen LogP contribution in [-0.2, 0) is 11.4 Å². The molecule has 2 aromatic heterocycles. The van der Waals surface area contributed by atoms with E-state index >= 15 is 0 Å². The van der Waals surface area contributed by atoms with Gasteiger partial charge in [-0.25, -0.2) is 4.98 Å². The standard InChI is InChI=1S/C23H20ClN5O3S/c1-31-18-8-10-19(11-9-18)32-14-21-27-28-23(29(21)17-5-3-2-4-6-17)33-15-22(30)26-20-12-7-16(24)13-25-20/h2-13H,14-15H2,1H3,(H,25,26,30). The van der Waals surface area contributed by atoms with E-state index in [0.717, 1.165) is 11.4 Å². The fraction of sp³-hybridized carbons (Fsp3) is 0.130. The lowest BCUT2D eigenvalue weighted by molar-refractivity contribution is -0.113. The Balaban J connectivity index is 1.47. The van der Waals surface area contributed by atoms with Gasteiger partial charge >= 0.3 is 0 Å². The molecule has 1 amide bonds. The van der Waals surface area contributed by atoms with Gasteiger partial charge < -0.3 is 14.8 Å². The molecule has 0 fully saturated rings. The number of aromatic nitrogens is 4. The molecule has 0 bridgehead atoms. The van der Waals surface area contributed by atoms with Crippen molar-refractivity contribution in [1.29, 1.82) is 0 Å². The van der Waals surface area contributed by atoms with Gasteiger partial charge in [-0.3, -0.25) is 9.36 Å². The second-order valence-electron chi connectivity index (χ2n) is 6.73. The van der Waals surface area contributed by atoms with Gasteiger partial charge in [0.1, 0.15) is 23.9 Å². The van der Waals surface area contributed by atoms with Crippen molar-refractivity contribution in [3.63, 3.8) is 0 Å². The van der Waals surface area contributed by atoms with Crippen LogP contribution in [-0.4, -0.2) is 38.5 Å². The minimum atomic E-state index is -0.214. The normalized spacial score (nSPS) is 10.6. The maximum Gasteiger partial charge on any atom is 0.236 e. The predicted molar refractivity (Wildman–Crippen MR) is 127 cm³/mol. The number of nitrogens with one attached hydrogen (secondary N) is 1. The molecule has 2 heterocycles. The molecule has 4 rings (SSSR count). The number of pyridine rings is 1. The van der Waals surface area contributed by atoms with Gasteiger partial charge in [-0.2, -0.15) is 0 Å². The average molecular weight is 482 g/mol. The highest BCUT2D eigenvalue weighted by Crippen LogP contribution is 2.24. The van der Waals surface area contributed by atoms with Crippen LogP contribution in [0, 0.1) is 0 Å². The summed E-state index contributed by atoms with van der Waals surface area (Å²) in [5.74, 6) is 2.40. The van der Waals surface area contributed by atoms with Crippen molar-refractivity contribution in [2.24, 2.45) is 0 Å². The molecule has 0 saturated heterocycles. The third kappa shape index (κ3) is 6.03. The molecule has 0 unspecified atom stereocenters. The predicted octanol–water partition coefficient (Wildman–Crippen LogP) is 4.63. The number of halogens is 1. The zero-order valence-electron chi connectivity index (χ0n) is 17.6. The Labute approximate surface area is 199 Å². The summed E-state index contributed by atoms with van der Waals surface area (Å²) in [4.78, 5) is 16.5. The largest absolute Gasteiger partial charge is 0.497 e. The molecule has 1 N–H and O–H groups in total. The number of benzene rings is 2. The molecule has 0 spiro atoms. The smallest absolute Gasteiger partial charge is 0.236 e. The molecule has 0 aliphatic carbocycles. The fourth-order valence-corrected chi connectivity index (χ4v) is 3.78. The summed E-state index contributed by atoms with van der Waals surface area (Å²) >= 11 is 7.10. The Morgan fingerprint density at radius 3 is 2.48 bits per heavy atom. The van der Waals surface area contributed by atoms with E-state index in [-0.39, 0.29) is 18.3 Å². The van der Waals surface area contributed by atoms with Gasteiger partial charge in [0.25, 0.3) is 0 Å². The van der Waals surface area contributed by atoms with E-state index in [1.807, 2.05) is 59.2 Å². The lowest BCUT2D eigenvalue weighted by Gasteiger charge is -2.11. The number of rotatable bonds is 9. The SMILES string of the molecule is COc1ccc(OCc2nnc(SCC(=O)Nc3ccc(Cl)cn3)n2-c2ccccc2)cc1. The van der Waals surface area contributed by atoms with Crippen molar-refractivity contribution < 1.29 is 14.3 Å². The topological polar surface area (TPSA) is 91.2 Å². The van der Waals surface area contributed by atoms with E-state index in [1.165, 1.54) is 18.0 Å². The molecule has 0 aliphatic rings. The van der Waals surface area contributed by atoms with Crippen molar-refractivity contribution in [2.45, 2.75) is 11.8 Å². The van der Waals surface area contributed by atoms with Crippen LogP contribution in [0.2, 0.25) is 5.02 Å². The van der Waals surface area contributed by atoms with E-state index in [9.17, 15) is 4.79 Å². The number of anilines is 1. The highest BCUT2D eigenvalue weighted by atomic mass is 35.5. The number of carbonyl (C=O) groups excluding carboxylic acids is 1. The molecule has 0 saturated carbocycles. The third-order valence-electron chi connectivity index (χ3n) is 4.47. The maximum absolute atomic E-state index is 12.4. The second-order valence-corrected chi connectivity index (χ2v) is 8.11. The van der Waals surface area contributed by atoms with Gasteiger partial charge in [0.15, 0.2) is 11.0 Å². The minimum Gasteiger partial charge on any atom is -0.497 e. The molecule has 0 radical (unpaired) electrons. The van der Waals surface area contributed by atoms with Crippen molar-refractivity contribution >= 4 is 35.1 Å². The molecule has 0 aliphatic heterocycles. The summed E-state index contributed by atoms with van der Waals surface area (Å²) in [7, 11) is 1.61. The van der Waals surface area contributed by atoms with Crippen LogP contribution >= 0.6 is 23.4 Å². The number of nitrogens with zero attached hydrogens (tertiary/aromatic N) is 4. The van der Waals surface area contributed by atoms with Gasteiger partial charge in [0.05, 0.1) is 17.9 Å². The van der Waals surface area contributed by atoms with Crippen LogP contribution in [0.25, 0.3) is 5.69 Å². The highest BCUT2D eigenvalue weighted by Gasteiger charge is 2.17. The van der Waals surface area contributed by atoms with Gasteiger partial charge in [0.2, 0.25) is 5.91 Å². The van der Waals surface area contributed by atoms with E-state index in [4.69, 9.17) is 21.1 Å². The van der Waals surface area contributed by atoms with E-state index in [2.05, 4.69) is 20.5 Å². The molecule has 33 heavy (non-hydrogen) atoms. The molecule has 0 atom stereocenters. The molecule has 168 valence electrons. The first-order chi connectivity index (χ1) is 16.1. The summed E-state index contributed by atoms with van der Waals surface area (Å²) in [5.41, 5.74) is 0.873. The van der Waals surface area contributed by atoms with Crippen molar-refractivity contribution in [2.75, 3.05) is 18.2 Å². The lowest BCUT2D eigenvalue weighted by Crippen LogP contribution is -2.15. The first kappa shape index (κ1) is 22.6. The van der Waals surface area contributed by atoms with Crippen LogP contribution in [0.5, 0.6) is 11.5 Å². The Hall–Kier alpha value is -3.56. The van der Waals surface area contributed by atoms with E-state index in [1.54, 1.807) is 19.2 Å². The Bertz CT molecular complexity index is 1200. The zero-order chi connectivity index (χ0) is 23.0. The average Bonchev–Trinajstić information content (AvgIpc) is 3.26. The molecule has 4 aromatic rings. The van der Waals surface area contributed by atoms with E-state index in [0.29, 0.717) is 27.6 Å². The van der Waals surface area contributed by atoms with Crippen molar-refractivity contribution in [3.05, 3.63) is 83.8 Å². The van der Waals surface area contributed by atoms with Gasteiger partial charge in [0, 0.05) is 11.9 Å². The van der Waals surface area contributed by atoms with E-state index < -0.39 is 0 Å². The molecule has 10 heteroatoms. The summed E-state index contributed by atoms with van der Waals surface area (Å²) in [6, 6.07) is 20.3. The maximum atomic E-state index is 12.4. The fourth-order valence-electron chi connectivity index (χ4n) is 2.90. The molecular formula is C23H20ClN5O3S. The highest BCUT2D eigenvalue weighted by molar-refractivity contribution is 7.99. The quantitative estimate of drug-likeness (QED) is 0.348. The number of para-hydroxylation sites is 1. The number of amides is 1. The Morgan fingerprint density at radius 1 is 1.03 bits per heavy atom. The summed E-state index contributed by atoms with van der Waals surface area (Å²) < 4.78 is 12.9. The van der Waals surface area contributed by atoms with Crippen LogP contribution in [0.15, 0.2) is 78.1 Å². The summed E-state index contributed by atoms with van der Waals surface area (Å²) in [5, 5.41) is 12.4. The number of hydrogen-bond donors (Lipinski definition) is 1.